The zero-order valence-corrected chi connectivity index (χ0v) is 18.2. The summed E-state index contributed by atoms with van der Waals surface area (Å²) in [5.41, 5.74) is 0.446. The molecule has 0 radical (unpaired) electrons. The van der Waals surface area contributed by atoms with E-state index in [4.69, 9.17) is 11.6 Å². The zero-order chi connectivity index (χ0) is 17.5. The maximum Gasteiger partial charge on any atom is 0.209 e. The number of guanidine groups is 1. The van der Waals surface area contributed by atoms with Gasteiger partial charge in [-0.15, -0.1) is 24.0 Å². The highest BCUT2D eigenvalue weighted by Crippen LogP contribution is 2.05. The third kappa shape index (κ3) is 10.3. The quantitative estimate of drug-likeness (QED) is 0.233. The highest BCUT2D eigenvalue weighted by Gasteiger charge is 2.22. The lowest BCUT2D eigenvalue weighted by Crippen LogP contribution is -2.53. The highest BCUT2D eigenvalue weighted by atomic mass is 127. The van der Waals surface area contributed by atoms with E-state index >= 15 is 0 Å². The first-order chi connectivity index (χ1) is 10.6. The molecular formula is C14H25ClIN5O2S. The molecule has 0 spiro atoms. The molecule has 10 heteroatoms. The van der Waals surface area contributed by atoms with Crippen LogP contribution in [0, 0.1) is 0 Å². The average molecular weight is 490 g/mol. The van der Waals surface area contributed by atoms with Gasteiger partial charge < -0.3 is 10.6 Å². The Morgan fingerprint density at radius 1 is 1.33 bits per heavy atom. The summed E-state index contributed by atoms with van der Waals surface area (Å²) in [7, 11) is -1.60. The zero-order valence-electron chi connectivity index (χ0n) is 14.3. The minimum Gasteiger partial charge on any atom is -0.356 e. The van der Waals surface area contributed by atoms with Crippen LogP contribution in [0.25, 0.3) is 0 Å². The fourth-order valence-corrected chi connectivity index (χ4v) is 3.13. The van der Waals surface area contributed by atoms with Crippen LogP contribution >= 0.6 is 35.6 Å². The van der Waals surface area contributed by atoms with E-state index in [0.717, 1.165) is 18.2 Å². The Morgan fingerprint density at radius 2 is 2.00 bits per heavy atom. The molecule has 0 saturated carbocycles. The predicted octanol–water partition coefficient (Wildman–Crippen LogP) is 1.39. The lowest BCUT2D eigenvalue weighted by Gasteiger charge is -2.26. The van der Waals surface area contributed by atoms with Gasteiger partial charge >= 0.3 is 0 Å². The number of rotatable bonds is 7. The van der Waals surface area contributed by atoms with E-state index in [-0.39, 0.29) is 24.0 Å². The van der Waals surface area contributed by atoms with E-state index in [9.17, 15) is 8.42 Å². The summed E-state index contributed by atoms with van der Waals surface area (Å²) in [6.45, 7) is 4.67. The molecule has 1 aromatic heterocycles. The number of pyridine rings is 1. The summed E-state index contributed by atoms with van der Waals surface area (Å²) in [6.07, 6.45) is 3.65. The van der Waals surface area contributed by atoms with Gasteiger partial charge in [-0.3, -0.25) is 4.99 Å². The van der Waals surface area contributed by atoms with E-state index in [2.05, 4.69) is 25.3 Å². The van der Waals surface area contributed by atoms with Crippen molar-refractivity contribution in [1.29, 1.82) is 0 Å². The number of aliphatic imine (C=N–C) groups is 1. The van der Waals surface area contributed by atoms with Crippen molar-refractivity contribution in [2.45, 2.75) is 25.8 Å². The van der Waals surface area contributed by atoms with Crippen LogP contribution in [0.3, 0.4) is 0 Å². The molecule has 0 aliphatic carbocycles. The Hall–Kier alpha value is -0.650. The van der Waals surface area contributed by atoms with Crippen molar-refractivity contribution in [3.8, 4) is 0 Å². The van der Waals surface area contributed by atoms with Crippen LogP contribution in [0.4, 0.5) is 0 Å². The van der Waals surface area contributed by atoms with Crippen molar-refractivity contribution < 1.29 is 8.42 Å². The minimum absolute atomic E-state index is 0. The van der Waals surface area contributed by atoms with E-state index in [1.54, 1.807) is 33.2 Å². The van der Waals surface area contributed by atoms with Gasteiger partial charge in [0.15, 0.2) is 5.96 Å². The molecule has 1 heterocycles. The predicted molar refractivity (Wildman–Crippen MR) is 110 cm³/mol. The van der Waals surface area contributed by atoms with Crippen LogP contribution < -0.4 is 15.4 Å². The van der Waals surface area contributed by atoms with Gasteiger partial charge in [0, 0.05) is 31.9 Å². The van der Waals surface area contributed by atoms with Crippen LogP contribution in [0.5, 0.6) is 0 Å². The molecule has 0 unspecified atom stereocenters. The van der Waals surface area contributed by atoms with Gasteiger partial charge in [0.05, 0.1) is 6.26 Å². The molecule has 3 N–H and O–H groups in total. The normalized spacial score (nSPS) is 12.5. The fourth-order valence-electron chi connectivity index (χ4n) is 1.94. The second-order valence-corrected chi connectivity index (χ2v) is 7.99. The highest BCUT2D eigenvalue weighted by molar-refractivity contribution is 14.0. The maximum absolute atomic E-state index is 11.3. The summed E-state index contributed by atoms with van der Waals surface area (Å²) in [5, 5.41) is 6.74. The van der Waals surface area contributed by atoms with E-state index in [0.29, 0.717) is 24.2 Å². The Morgan fingerprint density at radius 3 is 2.50 bits per heavy atom. The maximum atomic E-state index is 11.3. The SMILES string of the molecule is CN=C(NCCc1ccc(Cl)nc1)NCC(C)(C)NS(C)(=O)=O.I. The first-order valence-corrected chi connectivity index (χ1v) is 9.42. The van der Waals surface area contributed by atoms with Gasteiger partial charge in [0.2, 0.25) is 10.0 Å². The van der Waals surface area contributed by atoms with Crippen LogP contribution in [-0.4, -0.2) is 51.3 Å². The number of hydrogen-bond acceptors (Lipinski definition) is 4. The molecule has 0 aliphatic heterocycles. The molecule has 7 nitrogen and oxygen atoms in total. The summed E-state index contributed by atoms with van der Waals surface area (Å²) in [5.74, 6) is 0.607. The van der Waals surface area contributed by atoms with Crippen molar-refractivity contribution in [3.05, 3.63) is 29.0 Å². The number of nitrogens with zero attached hydrogens (tertiary/aromatic N) is 2. The molecule has 0 fully saturated rings. The lowest BCUT2D eigenvalue weighted by atomic mass is 10.1. The minimum atomic E-state index is -3.26. The fraction of sp³-hybridized carbons (Fsp3) is 0.571. The molecular weight excluding hydrogens is 465 g/mol. The summed E-state index contributed by atoms with van der Waals surface area (Å²) in [6, 6.07) is 3.68. The number of sulfonamides is 1. The van der Waals surface area contributed by atoms with Crippen molar-refractivity contribution in [1.82, 2.24) is 20.3 Å². The number of halogens is 2. The smallest absolute Gasteiger partial charge is 0.209 e. The first kappa shape index (κ1) is 23.4. The van der Waals surface area contributed by atoms with Crippen molar-refractivity contribution >= 4 is 51.6 Å². The topological polar surface area (TPSA) is 95.5 Å². The number of aromatic nitrogens is 1. The van der Waals surface area contributed by atoms with Crippen molar-refractivity contribution in [3.63, 3.8) is 0 Å². The molecule has 24 heavy (non-hydrogen) atoms. The number of hydrogen-bond donors (Lipinski definition) is 3. The molecule has 0 aliphatic rings. The van der Waals surface area contributed by atoms with Crippen molar-refractivity contribution in [2.75, 3.05) is 26.4 Å². The lowest BCUT2D eigenvalue weighted by molar-refractivity contribution is 0.446. The van der Waals surface area contributed by atoms with E-state index < -0.39 is 15.6 Å². The molecule has 138 valence electrons. The molecule has 0 bridgehead atoms. The molecule has 1 rings (SSSR count). The van der Waals surface area contributed by atoms with Crippen molar-refractivity contribution in [2.24, 2.45) is 4.99 Å². The first-order valence-electron chi connectivity index (χ1n) is 7.15. The van der Waals surface area contributed by atoms with Crippen LogP contribution in [0.2, 0.25) is 5.15 Å². The Balaban J connectivity index is 0.00000529. The van der Waals surface area contributed by atoms with Crippen LogP contribution in [0.1, 0.15) is 19.4 Å². The Kier molecular flexibility index (Phi) is 10.1. The molecule has 0 amide bonds. The molecule has 0 atom stereocenters. The Bertz CT molecular complexity index is 635. The summed E-state index contributed by atoms with van der Waals surface area (Å²) < 4.78 is 25.2. The molecule has 0 saturated heterocycles. The Labute approximate surface area is 166 Å². The van der Waals surface area contributed by atoms with Crippen LogP contribution in [0.15, 0.2) is 23.3 Å². The second-order valence-electron chi connectivity index (χ2n) is 5.85. The summed E-state index contributed by atoms with van der Waals surface area (Å²) >= 11 is 5.74. The standard InChI is InChI=1S/C14H24ClN5O2S.HI/c1-14(2,20-23(4,21)22)10-19-13(16-3)17-8-7-11-5-6-12(15)18-9-11;/h5-6,9,20H,7-8,10H2,1-4H3,(H2,16,17,19);1H. The third-order valence-electron chi connectivity index (χ3n) is 2.88. The molecule has 1 aromatic rings. The number of nitrogens with one attached hydrogen (secondary N) is 3. The largest absolute Gasteiger partial charge is 0.356 e. The van der Waals surface area contributed by atoms with Gasteiger partial charge in [-0.2, -0.15) is 0 Å². The van der Waals surface area contributed by atoms with E-state index in [1.807, 2.05) is 6.07 Å². The molecule has 0 aromatic carbocycles. The third-order valence-corrected chi connectivity index (χ3v) is 4.02. The van der Waals surface area contributed by atoms with E-state index in [1.165, 1.54) is 0 Å². The van der Waals surface area contributed by atoms with Crippen LogP contribution in [-0.2, 0) is 16.4 Å². The van der Waals surface area contributed by atoms with Gasteiger partial charge in [-0.1, -0.05) is 17.7 Å². The van der Waals surface area contributed by atoms with Gasteiger partial charge in [-0.05, 0) is 31.9 Å². The monoisotopic (exact) mass is 489 g/mol. The average Bonchev–Trinajstić information content (AvgIpc) is 2.42. The van der Waals surface area contributed by atoms with Gasteiger partial charge in [0.1, 0.15) is 5.15 Å². The van der Waals surface area contributed by atoms with Gasteiger partial charge in [0.25, 0.3) is 0 Å². The summed E-state index contributed by atoms with van der Waals surface area (Å²) in [4.78, 5) is 8.14. The van der Waals surface area contributed by atoms with Gasteiger partial charge in [-0.25, -0.2) is 18.1 Å². The second kappa shape index (κ2) is 10.4.